The second-order valence-corrected chi connectivity index (χ2v) is 6.31. The van der Waals surface area contributed by atoms with Crippen molar-refractivity contribution in [2.45, 2.75) is 22.7 Å². The van der Waals surface area contributed by atoms with Crippen LogP contribution >= 0.6 is 23.1 Å². The lowest BCUT2D eigenvalue weighted by Gasteiger charge is -2.01. The lowest BCUT2D eigenvalue weighted by Crippen LogP contribution is -2.05. The van der Waals surface area contributed by atoms with Crippen molar-refractivity contribution in [1.82, 2.24) is 15.2 Å². The molecule has 0 spiro atoms. The van der Waals surface area contributed by atoms with Gasteiger partial charge in [-0.05, 0) is 31.2 Å². The van der Waals surface area contributed by atoms with Gasteiger partial charge in [-0.25, -0.2) is 4.98 Å². The number of hydrogen-bond acceptors (Lipinski definition) is 9. The summed E-state index contributed by atoms with van der Waals surface area (Å²) in [6.45, 7) is 4.18. The van der Waals surface area contributed by atoms with Crippen LogP contribution in [0.2, 0.25) is 0 Å². The van der Waals surface area contributed by atoms with Crippen molar-refractivity contribution in [2.75, 3.05) is 25.1 Å². The van der Waals surface area contributed by atoms with Crippen LogP contribution in [0.5, 0.6) is 0 Å². The number of nitrogens with one attached hydrogen (secondary N) is 1. The number of nitrogens with zero attached hydrogens (tertiary/aromatic N) is 4. The van der Waals surface area contributed by atoms with E-state index < -0.39 is 4.92 Å². The van der Waals surface area contributed by atoms with Crippen molar-refractivity contribution in [2.24, 2.45) is 0 Å². The minimum atomic E-state index is -0.476. The molecule has 0 fully saturated rings. The van der Waals surface area contributed by atoms with Gasteiger partial charge in [0.2, 0.25) is 5.13 Å². The fourth-order valence-electron chi connectivity index (χ4n) is 1.47. The molecule has 0 bridgehead atoms. The quantitative estimate of drug-likeness (QED) is 0.422. The van der Waals surface area contributed by atoms with Crippen molar-refractivity contribution in [3.8, 4) is 0 Å². The number of aromatic nitrogens is 3. The maximum Gasteiger partial charge on any atom is 0.287 e. The third-order valence-electron chi connectivity index (χ3n) is 2.48. The maximum atomic E-state index is 10.6. The van der Waals surface area contributed by atoms with Gasteiger partial charge >= 0.3 is 0 Å². The Balaban J connectivity index is 1.82. The highest BCUT2D eigenvalue weighted by atomic mass is 32.2. The van der Waals surface area contributed by atoms with E-state index in [-0.39, 0.29) is 5.69 Å². The molecule has 2 heterocycles. The molecule has 0 radical (unpaired) electrons. The van der Waals surface area contributed by atoms with Crippen LogP contribution in [0.3, 0.4) is 0 Å². The molecule has 2 aromatic heterocycles. The first-order valence-corrected chi connectivity index (χ1v) is 8.25. The number of anilines is 1. The molecular formula is C12H15N5O3S2. The van der Waals surface area contributed by atoms with Gasteiger partial charge in [-0.15, -0.1) is 10.2 Å². The topological polar surface area (TPSA) is 103 Å². The fourth-order valence-corrected chi connectivity index (χ4v) is 3.13. The Morgan fingerprint density at radius 3 is 3.00 bits per heavy atom. The van der Waals surface area contributed by atoms with Crippen LogP contribution in [0.1, 0.15) is 13.3 Å². The predicted molar refractivity (Wildman–Crippen MR) is 84.5 cm³/mol. The molecule has 0 aliphatic rings. The molecule has 2 rings (SSSR count). The van der Waals surface area contributed by atoms with E-state index in [1.165, 1.54) is 35.4 Å². The molecule has 0 aliphatic heterocycles. The zero-order valence-electron chi connectivity index (χ0n) is 11.9. The Morgan fingerprint density at radius 1 is 1.45 bits per heavy atom. The Hall–Kier alpha value is -1.78. The highest BCUT2D eigenvalue weighted by molar-refractivity contribution is 8.01. The monoisotopic (exact) mass is 341 g/mol. The van der Waals surface area contributed by atoms with Gasteiger partial charge in [0, 0.05) is 25.8 Å². The molecule has 0 saturated heterocycles. The largest absolute Gasteiger partial charge is 0.382 e. The zero-order valence-corrected chi connectivity index (χ0v) is 13.5. The number of pyridine rings is 1. The third-order valence-corrected chi connectivity index (χ3v) is 4.36. The molecule has 1 N–H and O–H groups in total. The minimum absolute atomic E-state index is 0.0294. The Morgan fingerprint density at radius 2 is 2.32 bits per heavy atom. The van der Waals surface area contributed by atoms with Crippen LogP contribution in [0.15, 0.2) is 27.7 Å². The van der Waals surface area contributed by atoms with Crippen molar-refractivity contribution in [1.29, 1.82) is 0 Å². The first-order chi connectivity index (χ1) is 10.7. The molecule has 8 nitrogen and oxygen atoms in total. The highest BCUT2D eigenvalue weighted by Crippen LogP contribution is 2.31. The van der Waals surface area contributed by atoms with Crippen molar-refractivity contribution in [3.05, 3.63) is 28.4 Å². The van der Waals surface area contributed by atoms with Gasteiger partial charge in [0.1, 0.15) is 11.2 Å². The van der Waals surface area contributed by atoms with Gasteiger partial charge < -0.3 is 10.1 Å². The number of ether oxygens (including phenoxy) is 1. The van der Waals surface area contributed by atoms with Crippen LogP contribution < -0.4 is 5.32 Å². The fraction of sp³-hybridized carbons (Fsp3) is 0.417. The smallest absolute Gasteiger partial charge is 0.287 e. The summed E-state index contributed by atoms with van der Waals surface area (Å²) in [5, 5.41) is 23.2. The van der Waals surface area contributed by atoms with E-state index in [9.17, 15) is 10.1 Å². The first kappa shape index (κ1) is 16.6. The van der Waals surface area contributed by atoms with Crippen LogP contribution in [-0.2, 0) is 4.74 Å². The summed E-state index contributed by atoms with van der Waals surface area (Å²) in [5.41, 5.74) is -0.0294. The Labute approximate surface area is 135 Å². The number of nitro groups is 1. The average molecular weight is 341 g/mol. The lowest BCUT2D eigenvalue weighted by atomic mass is 10.4. The molecule has 0 amide bonds. The number of rotatable bonds is 9. The van der Waals surface area contributed by atoms with E-state index in [0.717, 1.165) is 35.7 Å². The van der Waals surface area contributed by atoms with Crippen molar-refractivity contribution < 1.29 is 9.66 Å². The molecule has 0 atom stereocenters. The molecular weight excluding hydrogens is 326 g/mol. The summed E-state index contributed by atoms with van der Waals surface area (Å²) >= 11 is 2.74. The van der Waals surface area contributed by atoms with Crippen LogP contribution in [0.4, 0.5) is 10.8 Å². The zero-order chi connectivity index (χ0) is 15.8. The summed E-state index contributed by atoms with van der Waals surface area (Å²) in [5.74, 6) is 0. The van der Waals surface area contributed by atoms with Crippen LogP contribution in [-0.4, -0.2) is 39.9 Å². The molecule has 0 saturated carbocycles. The van der Waals surface area contributed by atoms with Crippen LogP contribution in [0, 0.1) is 10.1 Å². The minimum Gasteiger partial charge on any atom is -0.382 e. The lowest BCUT2D eigenvalue weighted by molar-refractivity contribution is -0.385. The first-order valence-electron chi connectivity index (χ1n) is 6.62. The Kier molecular flexibility index (Phi) is 6.49. The van der Waals surface area contributed by atoms with E-state index >= 15 is 0 Å². The summed E-state index contributed by atoms with van der Waals surface area (Å²) in [7, 11) is 0. The highest BCUT2D eigenvalue weighted by Gasteiger charge is 2.09. The van der Waals surface area contributed by atoms with Gasteiger partial charge in [0.25, 0.3) is 5.69 Å². The molecule has 2 aromatic rings. The van der Waals surface area contributed by atoms with Gasteiger partial charge in [0.05, 0.1) is 4.92 Å². The van der Waals surface area contributed by atoms with Gasteiger partial charge in [-0.3, -0.25) is 10.1 Å². The van der Waals surface area contributed by atoms with Gasteiger partial charge in [-0.2, -0.15) is 0 Å². The predicted octanol–water partition coefficient (Wildman–Crippen LogP) is 2.83. The van der Waals surface area contributed by atoms with E-state index in [4.69, 9.17) is 4.74 Å². The molecule has 0 aliphatic carbocycles. The molecule has 118 valence electrons. The molecule has 0 aromatic carbocycles. The summed E-state index contributed by atoms with van der Waals surface area (Å²) in [6, 6.07) is 3.02. The standard InChI is InChI=1S/C12H15N5O3S2/c1-2-20-7-3-6-13-11-15-16-12(22-11)21-10-5-4-9(8-14-10)17(18)19/h4-5,8H,2-3,6-7H2,1H3,(H,13,15). The summed E-state index contributed by atoms with van der Waals surface area (Å²) in [4.78, 5) is 14.1. The van der Waals surface area contributed by atoms with E-state index in [2.05, 4.69) is 20.5 Å². The van der Waals surface area contributed by atoms with Crippen LogP contribution in [0.25, 0.3) is 0 Å². The summed E-state index contributed by atoms with van der Waals surface area (Å²) < 4.78 is 5.98. The normalized spacial score (nSPS) is 10.6. The third kappa shape index (κ3) is 5.20. The molecule has 10 heteroatoms. The van der Waals surface area contributed by atoms with E-state index in [1.54, 1.807) is 6.07 Å². The molecule has 22 heavy (non-hydrogen) atoms. The Bertz CT molecular complexity index is 605. The SMILES string of the molecule is CCOCCCNc1nnc(Sc2ccc([N+](=O)[O-])cn2)s1. The van der Waals surface area contributed by atoms with Crippen molar-refractivity contribution in [3.63, 3.8) is 0 Å². The molecule has 0 unspecified atom stereocenters. The van der Waals surface area contributed by atoms with E-state index in [0.29, 0.717) is 5.03 Å². The average Bonchev–Trinajstić information content (AvgIpc) is 2.95. The van der Waals surface area contributed by atoms with Crippen molar-refractivity contribution >= 4 is 33.9 Å². The summed E-state index contributed by atoms with van der Waals surface area (Å²) in [6.07, 6.45) is 2.13. The second-order valence-electron chi connectivity index (χ2n) is 4.06. The number of hydrogen-bond donors (Lipinski definition) is 1. The maximum absolute atomic E-state index is 10.6. The van der Waals surface area contributed by atoms with Gasteiger partial charge in [0.15, 0.2) is 4.34 Å². The van der Waals surface area contributed by atoms with E-state index in [1.807, 2.05) is 6.92 Å². The second kappa shape index (κ2) is 8.61. The van der Waals surface area contributed by atoms with Gasteiger partial charge in [-0.1, -0.05) is 11.3 Å².